The van der Waals surface area contributed by atoms with Gasteiger partial charge in [-0.15, -0.1) is 13.2 Å². The number of likely N-dealkylation sites (N-methyl/N-ethyl adjacent to an activating group) is 1. The minimum atomic E-state index is -4.76. The molecule has 0 bridgehead atoms. The molecule has 1 saturated heterocycles. The van der Waals surface area contributed by atoms with Crippen molar-refractivity contribution in [2.24, 2.45) is 9.98 Å². The van der Waals surface area contributed by atoms with E-state index in [2.05, 4.69) is 19.6 Å². The molecule has 0 spiro atoms. The molecule has 1 aromatic rings. The van der Waals surface area contributed by atoms with Gasteiger partial charge in [0.25, 0.3) is 0 Å². The van der Waals surface area contributed by atoms with Gasteiger partial charge >= 0.3 is 12.4 Å². The van der Waals surface area contributed by atoms with Crippen LogP contribution in [0.15, 0.2) is 46.1 Å². The van der Waals surface area contributed by atoms with Crippen LogP contribution < -0.4 is 9.47 Å². The summed E-state index contributed by atoms with van der Waals surface area (Å²) < 4.78 is 63.3. The van der Waals surface area contributed by atoms with Crippen molar-refractivity contribution in [2.45, 2.75) is 38.3 Å². The molecule has 3 aliphatic heterocycles. The lowest BCUT2D eigenvalue weighted by Crippen LogP contribution is -2.41. The number of alkyl halides is 3. The van der Waals surface area contributed by atoms with Crippen LogP contribution in [0.5, 0.6) is 11.5 Å². The number of aliphatic imine (C=N–C) groups is 2. The van der Waals surface area contributed by atoms with E-state index in [4.69, 9.17) is 18.9 Å². The first-order valence-electron chi connectivity index (χ1n) is 11.5. The molecule has 9 nitrogen and oxygen atoms in total. The number of halogens is 3. The lowest BCUT2D eigenvalue weighted by Gasteiger charge is -2.32. The largest absolute Gasteiger partial charge is 0.573 e. The summed E-state index contributed by atoms with van der Waals surface area (Å²) in [6.07, 6.45) is 1.19. The van der Waals surface area contributed by atoms with Crippen molar-refractivity contribution in [3.63, 3.8) is 0 Å². The van der Waals surface area contributed by atoms with Crippen LogP contribution in [-0.4, -0.2) is 81.0 Å². The zero-order valence-corrected chi connectivity index (χ0v) is 19.5. The van der Waals surface area contributed by atoms with Crippen molar-refractivity contribution in [1.29, 1.82) is 0 Å². The zero-order valence-electron chi connectivity index (χ0n) is 19.5. The Kier molecular flexibility index (Phi) is 8.34. The average Bonchev–Trinajstić information content (AvgIpc) is 3.23. The Bertz CT molecular complexity index is 947. The van der Waals surface area contributed by atoms with Crippen LogP contribution in [0, 0.1) is 0 Å². The molecular formula is C23H29F3N4O5. The molecule has 1 unspecified atom stereocenters. The van der Waals surface area contributed by atoms with Gasteiger partial charge in [-0.25, -0.2) is 0 Å². The third-order valence-electron chi connectivity index (χ3n) is 5.36. The lowest BCUT2D eigenvalue weighted by atomic mass is 10.2. The molecule has 0 N–H and O–H groups in total. The van der Waals surface area contributed by atoms with Crippen LogP contribution in [0.1, 0.15) is 25.7 Å². The number of fused-ring (bicyclic) bond motifs is 1. The Hall–Kier alpha value is -2.99. The van der Waals surface area contributed by atoms with Crippen molar-refractivity contribution in [3.8, 4) is 11.5 Å². The van der Waals surface area contributed by atoms with Crippen LogP contribution in [0.4, 0.5) is 13.2 Å². The average molecular weight is 499 g/mol. The highest BCUT2D eigenvalue weighted by molar-refractivity contribution is 6.09. The fraction of sp³-hybridized carbons (Fsp3) is 0.565. The second-order valence-electron chi connectivity index (χ2n) is 8.24. The lowest BCUT2D eigenvalue weighted by molar-refractivity contribution is -0.274. The van der Waals surface area contributed by atoms with Gasteiger partial charge < -0.3 is 33.5 Å². The molecule has 12 heteroatoms. The predicted molar refractivity (Wildman–Crippen MR) is 121 cm³/mol. The number of hydrogen-bond donors (Lipinski definition) is 0. The predicted octanol–water partition coefficient (Wildman–Crippen LogP) is 3.73. The first-order chi connectivity index (χ1) is 16.9. The summed E-state index contributed by atoms with van der Waals surface area (Å²) in [5.41, 5.74) is 0.711. The molecule has 4 rings (SSSR count). The molecule has 1 fully saturated rings. The second kappa shape index (κ2) is 11.6. The number of rotatable bonds is 10. The third kappa shape index (κ3) is 7.76. The molecule has 35 heavy (non-hydrogen) atoms. The fourth-order valence-electron chi connectivity index (χ4n) is 3.83. The van der Waals surface area contributed by atoms with Gasteiger partial charge in [0, 0.05) is 32.5 Å². The van der Waals surface area contributed by atoms with E-state index >= 15 is 0 Å². The third-order valence-corrected chi connectivity index (χ3v) is 5.36. The molecule has 0 amide bonds. The minimum absolute atomic E-state index is 0.0786. The molecule has 0 radical (unpaired) electrons. The van der Waals surface area contributed by atoms with Gasteiger partial charge in [-0.3, -0.25) is 0 Å². The van der Waals surface area contributed by atoms with E-state index in [9.17, 15) is 13.2 Å². The summed E-state index contributed by atoms with van der Waals surface area (Å²) >= 11 is 0. The molecular weight excluding hydrogens is 469 g/mol. The highest BCUT2D eigenvalue weighted by atomic mass is 19.4. The smallest absolute Gasteiger partial charge is 0.490 e. The van der Waals surface area contributed by atoms with E-state index in [1.54, 1.807) is 0 Å². The first-order valence-corrected chi connectivity index (χ1v) is 11.5. The van der Waals surface area contributed by atoms with E-state index in [1.807, 2.05) is 18.1 Å². The number of nitrogens with zero attached hydrogens (tertiary/aromatic N) is 4. The van der Waals surface area contributed by atoms with Gasteiger partial charge in [0.1, 0.15) is 30.4 Å². The summed E-state index contributed by atoms with van der Waals surface area (Å²) in [6.45, 7) is 3.12. The maximum Gasteiger partial charge on any atom is 0.573 e. The Morgan fingerprint density at radius 2 is 1.91 bits per heavy atom. The fourth-order valence-corrected chi connectivity index (χ4v) is 3.83. The van der Waals surface area contributed by atoms with Gasteiger partial charge in [-0.2, -0.15) is 9.98 Å². The molecule has 0 aromatic heterocycles. The Morgan fingerprint density at radius 3 is 2.71 bits per heavy atom. The summed E-state index contributed by atoms with van der Waals surface area (Å²) in [6, 6.07) is 5.53. The monoisotopic (exact) mass is 498 g/mol. The summed E-state index contributed by atoms with van der Waals surface area (Å²) in [7, 11) is 1.93. The van der Waals surface area contributed by atoms with Crippen molar-refractivity contribution < 1.29 is 36.9 Å². The molecule has 0 saturated carbocycles. The normalized spacial score (nSPS) is 20.1. The van der Waals surface area contributed by atoms with E-state index in [0.717, 1.165) is 50.7 Å². The highest BCUT2D eigenvalue weighted by Gasteiger charge is 2.31. The van der Waals surface area contributed by atoms with Crippen LogP contribution in [0.25, 0.3) is 0 Å². The SMILES string of the molecule is CN1CN(CCCOC2CCCCO2)C=C2N=C(OCCOc3cccc(OC(F)(F)F)c3)N=C21. The van der Waals surface area contributed by atoms with Crippen molar-refractivity contribution in [2.75, 3.05) is 46.7 Å². The molecule has 3 aliphatic rings. The van der Waals surface area contributed by atoms with Crippen LogP contribution >= 0.6 is 0 Å². The van der Waals surface area contributed by atoms with Crippen molar-refractivity contribution in [3.05, 3.63) is 36.2 Å². The number of amidine groups is 2. The zero-order chi connectivity index (χ0) is 24.7. The van der Waals surface area contributed by atoms with Gasteiger partial charge in [0.05, 0.1) is 13.3 Å². The van der Waals surface area contributed by atoms with E-state index in [0.29, 0.717) is 19.0 Å². The number of hydrogen-bond acceptors (Lipinski definition) is 9. The van der Waals surface area contributed by atoms with E-state index < -0.39 is 6.36 Å². The van der Waals surface area contributed by atoms with Crippen LogP contribution in [0.3, 0.4) is 0 Å². The molecule has 1 aromatic carbocycles. The van der Waals surface area contributed by atoms with Crippen molar-refractivity contribution >= 4 is 11.9 Å². The van der Waals surface area contributed by atoms with Crippen LogP contribution in [0.2, 0.25) is 0 Å². The van der Waals surface area contributed by atoms with Gasteiger partial charge in [-0.05, 0) is 37.8 Å². The maximum absolute atomic E-state index is 12.3. The van der Waals surface area contributed by atoms with Gasteiger partial charge in [0.15, 0.2) is 12.1 Å². The second-order valence-corrected chi connectivity index (χ2v) is 8.24. The topological polar surface area (TPSA) is 77.4 Å². The van der Waals surface area contributed by atoms with Crippen molar-refractivity contribution in [1.82, 2.24) is 9.80 Å². The number of ether oxygens (including phenoxy) is 5. The summed E-state index contributed by atoms with van der Waals surface area (Å²) in [4.78, 5) is 13.0. The summed E-state index contributed by atoms with van der Waals surface area (Å²) in [5.74, 6) is 0.613. The maximum atomic E-state index is 12.3. The molecule has 1 atom stereocenters. The Balaban J connectivity index is 1.19. The first kappa shape index (κ1) is 25.1. The molecule has 192 valence electrons. The van der Waals surface area contributed by atoms with E-state index in [1.165, 1.54) is 18.2 Å². The van der Waals surface area contributed by atoms with E-state index in [-0.39, 0.29) is 37.0 Å². The number of benzene rings is 1. The Morgan fingerprint density at radius 1 is 1.09 bits per heavy atom. The minimum Gasteiger partial charge on any atom is -0.490 e. The summed E-state index contributed by atoms with van der Waals surface area (Å²) in [5, 5.41) is 0. The quantitative estimate of drug-likeness (QED) is 0.455. The van der Waals surface area contributed by atoms with Gasteiger partial charge in [-0.1, -0.05) is 6.07 Å². The highest BCUT2D eigenvalue weighted by Crippen LogP contribution is 2.26. The standard InChI is InChI=1S/C23H29F3N4O5/c1-29-16-30(9-5-11-33-20-8-2-3-10-32-20)15-19-21(29)28-22(27-19)34-13-12-31-17-6-4-7-18(14-17)35-23(24,25)26/h4,6-7,14-15,20H,2-3,5,8-13,16H2,1H3. The van der Waals surface area contributed by atoms with Gasteiger partial charge in [0.2, 0.25) is 0 Å². The molecule has 3 heterocycles. The van der Waals surface area contributed by atoms with Crippen LogP contribution in [-0.2, 0) is 14.2 Å². The molecule has 0 aliphatic carbocycles. The Labute approximate surface area is 201 Å².